The molecule has 0 bridgehead atoms. The first-order chi connectivity index (χ1) is 6.76. The fourth-order valence-corrected chi connectivity index (χ4v) is 3.22. The second-order valence-electron chi connectivity index (χ2n) is 3.26. The van der Waals surface area contributed by atoms with Crippen LogP contribution in [0.1, 0.15) is 17.4 Å². The SMILES string of the molecule is CCc1ccc(N)c2cc(CBr)sc12. The normalized spacial score (nSPS) is 11.0. The molecule has 2 aromatic rings. The predicted octanol–water partition coefficient (Wildman–Crippen LogP) is 3.94. The Hall–Kier alpha value is -0.540. The van der Waals surface area contributed by atoms with E-state index < -0.39 is 0 Å². The molecule has 2 rings (SSSR count). The van der Waals surface area contributed by atoms with Gasteiger partial charge in [-0.3, -0.25) is 0 Å². The molecule has 74 valence electrons. The van der Waals surface area contributed by atoms with Crippen molar-refractivity contribution in [1.82, 2.24) is 0 Å². The highest BCUT2D eigenvalue weighted by molar-refractivity contribution is 9.08. The molecule has 3 heteroatoms. The summed E-state index contributed by atoms with van der Waals surface area (Å²) in [4.78, 5) is 1.34. The van der Waals surface area contributed by atoms with Crippen LogP contribution >= 0.6 is 27.3 Å². The highest BCUT2D eigenvalue weighted by atomic mass is 79.9. The average Bonchev–Trinajstić information content (AvgIpc) is 2.63. The van der Waals surface area contributed by atoms with Gasteiger partial charge in [-0.25, -0.2) is 0 Å². The average molecular weight is 270 g/mol. The van der Waals surface area contributed by atoms with E-state index in [1.54, 1.807) is 0 Å². The summed E-state index contributed by atoms with van der Waals surface area (Å²) in [7, 11) is 0. The molecule has 0 aliphatic heterocycles. The van der Waals surface area contributed by atoms with Gasteiger partial charge in [-0.05, 0) is 24.1 Å². The summed E-state index contributed by atoms with van der Waals surface area (Å²) in [6, 6.07) is 6.32. The lowest BCUT2D eigenvalue weighted by molar-refractivity contribution is 1.16. The first-order valence-electron chi connectivity index (χ1n) is 4.62. The van der Waals surface area contributed by atoms with E-state index in [2.05, 4.69) is 35.0 Å². The highest BCUT2D eigenvalue weighted by Crippen LogP contribution is 2.33. The number of nitrogen functional groups attached to an aromatic ring is 1. The van der Waals surface area contributed by atoms with Crippen LogP contribution in [0.3, 0.4) is 0 Å². The minimum absolute atomic E-state index is 0.889. The number of anilines is 1. The van der Waals surface area contributed by atoms with Gasteiger partial charge in [0.2, 0.25) is 0 Å². The molecule has 0 unspecified atom stereocenters. The topological polar surface area (TPSA) is 26.0 Å². The summed E-state index contributed by atoms with van der Waals surface area (Å²) >= 11 is 5.31. The van der Waals surface area contributed by atoms with Gasteiger partial charge in [0.25, 0.3) is 0 Å². The molecule has 0 spiro atoms. The van der Waals surface area contributed by atoms with Gasteiger partial charge in [0.05, 0.1) is 0 Å². The molecule has 0 aliphatic rings. The van der Waals surface area contributed by atoms with Gasteiger partial charge < -0.3 is 5.73 Å². The van der Waals surface area contributed by atoms with Crippen molar-refractivity contribution in [1.29, 1.82) is 0 Å². The number of benzene rings is 1. The van der Waals surface area contributed by atoms with E-state index >= 15 is 0 Å². The van der Waals surface area contributed by atoms with Crippen molar-refractivity contribution in [3.8, 4) is 0 Å². The van der Waals surface area contributed by atoms with E-state index in [0.717, 1.165) is 17.4 Å². The third kappa shape index (κ3) is 1.55. The van der Waals surface area contributed by atoms with Crippen LogP contribution in [0.15, 0.2) is 18.2 Å². The largest absolute Gasteiger partial charge is 0.398 e. The summed E-state index contributed by atoms with van der Waals surface area (Å²) in [6.07, 6.45) is 1.07. The van der Waals surface area contributed by atoms with Crippen LogP contribution in [0.2, 0.25) is 0 Å². The zero-order valence-corrected chi connectivity index (χ0v) is 10.4. The number of fused-ring (bicyclic) bond motifs is 1. The predicted molar refractivity (Wildman–Crippen MR) is 68.2 cm³/mol. The van der Waals surface area contributed by atoms with E-state index in [-0.39, 0.29) is 0 Å². The molecule has 1 aromatic heterocycles. The van der Waals surface area contributed by atoms with Gasteiger partial charge in [0.15, 0.2) is 0 Å². The van der Waals surface area contributed by atoms with Crippen molar-refractivity contribution >= 4 is 43.0 Å². The van der Waals surface area contributed by atoms with Crippen molar-refractivity contribution < 1.29 is 0 Å². The van der Waals surface area contributed by atoms with Crippen LogP contribution in [-0.2, 0) is 11.8 Å². The zero-order valence-electron chi connectivity index (χ0n) is 8.01. The molecule has 0 saturated heterocycles. The first kappa shape index (κ1) is 9.99. The highest BCUT2D eigenvalue weighted by Gasteiger charge is 2.07. The number of alkyl halides is 1. The van der Waals surface area contributed by atoms with Gasteiger partial charge >= 0.3 is 0 Å². The Balaban J connectivity index is 2.74. The minimum Gasteiger partial charge on any atom is -0.398 e. The van der Waals surface area contributed by atoms with Crippen molar-refractivity contribution in [2.45, 2.75) is 18.7 Å². The van der Waals surface area contributed by atoms with E-state index in [1.165, 1.54) is 20.5 Å². The Morgan fingerprint density at radius 3 is 2.86 bits per heavy atom. The Bertz CT molecular complexity index is 462. The standard InChI is InChI=1S/C11H12BrNS/c1-2-7-3-4-10(13)9-5-8(6-12)14-11(7)9/h3-5H,2,6,13H2,1H3. The molecule has 2 N–H and O–H groups in total. The maximum Gasteiger partial charge on any atom is 0.0402 e. The molecule has 0 fully saturated rings. The molecule has 1 nitrogen and oxygen atoms in total. The van der Waals surface area contributed by atoms with Crippen LogP contribution in [0.4, 0.5) is 5.69 Å². The van der Waals surface area contributed by atoms with Crippen LogP contribution in [0, 0.1) is 0 Å². The third-order valence-electron chi connectivity index (χ3n) is 2.36. The quantitative estimate of drug-likeness (QED) is 0.649. The van der Waals surface area contributed by atoms with E-state index in [4.69, 9.17) is 5.73 Å². The number of rotatable bonds is 2. The Morgan fingerprint density at radius 2 is 2.21 bits per heavy atom. The van der Waals surface area contributed by atoms with Crippen LogP contribution in [-0.4, -0.2) is 0 Å². The molecule has 0 aliphatic carbocycles. The van der Waals surface area contributed by atoms with Gasteiger partial charge in [-0.15, -0.1) is 11.3 Å². The van der Waals surface area contributed by atoms with Gasteiger partial charge in [-0.2, -0.15) is 0 Å². The van der Waals surface area contributed by atoms with E-state index in [1.807, 2.05) is 17.4 Å². The summed E-state index contributed by atoms with van der Waals surface area (Å²) in [5.74, 6) is 0. The van der Waals surface area contributed by atoms with Gasteiger partial charge in [0, 0.05) is 26.0 Å². The number of thiophene rings is 1. The van der Waals surface area contributed by atoms with Crippen molar-refractivity contribution in [3.05, 3.63) is 28.6 Å². The molecule has 0 atom stereocenters. The number of nitrogens with two attached hydrogens (primary N) is 1. The lowest BCUT2D eigenvalue weighted by Crippen LogP contribution is -1.87. The van der Waals surface area contributed by atoms with Crippen molar-refractivity contribution in [2.24, 2.45) is 0 Å². The molecule has 0 radical (unpaired) electrons. The molecule has 0 amide bonds. The first-order valence-corrected chi connectivity index (χ1v) is 6.55. The Labute approximate surface area is 96.1 Å². The summed E-state index contributed by atoms with van der Waals surface area (Å²) in [6.45, 7) is 2.18. The van der Waals surface area contributed by atoms with Crippen LogP contribution < -0.4 is 5.73 Å². The number of hydrogen-bond acceptors (Lipinski definition) is 2. The van der Waals surface area contributed by atoms with Crippen molar-refractivity contribution in [2.75, 3.05) is 5.73 Å². The maximum absolute atomic E-state index is 5.94. The molecular weight excluding hydrogens is 258 g/mol. The monoisotopic (exact) mass is 269 g/mol. The summed E-state index contributed by atoms with van der Waals surface area (Å²) in [5.41, 5.74) is 8.22. The Morgan fingerprint density at radius 1 is 1.43 bits per heavy atom. The fraction of sp³-hybridized carbons (Fsp3) is 0.273. The second kappa shape index (κ2) is 3.91. The van der Waals surface area contributed by atoms with Crippen LogP contribution in [0.25, 0.3) is 10.1 Å². The summed E-state index contributed by atoms with van der Waals surface area (Å²) in [5, 5.41) is 2.12. The molecule has 1 heterocycles. The molecular formula is C11H12BrNS. The third-order valence-corrected chi connectivity index (χ3v) is 4.55. The van der Waals surface area contributed by atoms with E-state index in [9.17, 15) is 0 Å². The Kier molecular flexibility index (Phi) is 2.79. The lowest BCUT2D eigenvalue weighted by atomic mass is 10.1. The van der Waals surface area contributed by atoms with Crippen molar-refractivity contribution in [3.63, 3.8) is 0 Å². The van der Waals surface area contributed by atoms with Gasteiger partial charge in [-0.1, -0.05) is 28.9 Å². The second-order valence-corrected chi connectivity index (χ2v) is 4.95. The number of aryl methyl sites for hydroxylation is 1. The molecule has 14 heavy (non-hydrogen) atoms. The maximum atomic E-state index is 5.94. The summed E-state index contributed by atoms with van der Waals surface area (Å²) < 4.78 is 1.35. The molecule has 0 saturated carbocycles. The van der Waals surface area contributed by atoms with Crippen LogP contribution in [0.5, 0.6) is 0 Å². The number of halogens is 1. The lowest BCUT2D eigenvalue weighted by Gasteiger charge is -2.00. The zero-order chi connectivity index (χ0) is 10.1. The molecule has 1 aromatic carbocycles. The van der Waals surface area contributed by atoms with Gasteiger partial charge in [0.1, 0.15) is 0 Å². The minimum atomic E-state index is 0.889. The smallest absolute Gasteiger partial charge is 0.0402 e. The van der Waals surface area contributed by atoms with E-state index in [0.29, 0.717) is 0 Å². The number of hydrogen-bond donors (Lipinski definition) is 1. The fourth-order valence-electron chi connectivity index (χ4n) is 1.60.